The summed E-state index contributed by atoms with van der Waals surface area (Å²) >= 11 is 1.45. The molecule has 0 spiro atoms. The summed E-state index contributed by atoms with van der Waals surface area (Å²) in [6.45, 7) is 2.74. The maximum absolute atomic E-state index is 12.3. The summed E-state index contributed by atoms with van der Waals surface area (Å²) < 4.78 is 2.17. The minimum atomic E-state index is 0.0226. The van der Waals surface area contributed by atoms with Crippen molar-refractivity contribution in [2.75, 3.05) is 12.3 Å². The summed E-state index contributed by atoms with van der Waals surface area (Å²) in [5, 5.41) is 12.5. The fourth-order valence-corrected chi connectivity index (χ4v) is 3.98. The second-order valence-corrected chi connectivity index (χ2v) is 7.90. The van der Waals surface area contributed by atoms with Gasteiger partial charge in [0.15, 0.2) is 11.0 Å². The molecule has 0 atom stereocenters. The molecule has 0 bridgehead atoms. The first kappa shape index (κ1) is 18.7. The van der Waals surface area contributed by atoms with Crippen molar-refractivity contribution in [2.24, 2.45) is 0 Å². The predicted octanol–water partition coefficient (Wildman–Crippen LogP) is 3.43. The number of hydrogen-bond acceptors (Lipinski definition) is 5. The SMILES string of the molecule is Cc1ccccc1CCNC(=O)CSc1nnc(-c2ccncc2)n1C1CC1. The molecule has 3 aromatic rings. The summed E-state index contributed by atoms with van der Waals surface area (Å²) in [5.41, 5.74) is 3.53. The lowest BCUT2D eigenvalue weighted by Gasteiger charge is -2.09. The van der Waals surface area contributed by atoms with E-state index in [1.54, 1.807) is 12.4 Å². The van der Waals surface area contributed by atoms with Gasteiger partial charge in [-0.05, 0) is 49.4 Å². The van der Waals surface area contributed by atoms with Crippen LogP contribution in [0.25, 0.3) is 11.4 Å². The predicted molar refractivity (Wildman–Crippen MR) is 110 cm³/mol. The van der Waals surface area contributed by atoms with Crippen molar-refractivity contribution in [3.05, 3.63) is 59.9 Å². The van der Waals surface area contributed by atoms with Gasteiger partial charge in [0.2, 0.25) is 5.91 Å². The highest BCUT2D eigenvalue weighted by atomic mass is 32.2. The first-order valence-corrected chi connectivity index (χ1v) is 10.5. The van der Waals surface area contributed by atoms with Gasteiger partial charge in [-0.25, -0.2) is 0 Å². The molecule has 28 heavy (non-hydrogen) atoms. The zero-order valence-corrected chi connectivity index (χ0v) is 16.7. The number of carbonyl (C=O) groups excluding carboxylic acids is 1. The van der Waals surface area contributed by atoms with Gasteiger partial charge in [0, 0.05) is 30.5 Å². The molecule has 2 aromatic heterocycles. The molecule has 4 rings (SSSR count). The number of thioether (sulfide) groups is 1. The van der Waals surface area contributed by atoms with Crippen LogP contribution < -0.4 is 5.32 Å². The molecule has 1 amide bonds. The van der Waals surface area contributed by atoms with Gasteiger partial charge in [0.1, 0.15) is 0 Å². The number of pyridine rings is 1. The Hall–Kier alpha value is -2.67. The largest absolute Gasteiger partial charge is 0.355 e. The lowest BCUT2D eigenvalue weighted by Crippen LogP contribution is -2.27. The number of benzene rings is 1. The molecule has 1 aliphatic carbocycles. The van der Waals surface area contributed by atoms with Crippen LogP contribution in [0.15, 0.2) is 53.9 Å². The van der Waals surface area contributed by atoms with E-state index in [-0.39, 0.29) is 5.91 Å². The highest BCUT2D eigenvalue weighted by Gasteiger charge is 2.30. The van der Waals surface area contributed by atoms with Gasteiger partial charge >= 0.3 is 0 Å². The van der Waals surface area contributed by atoms with E-state index in [1.165, 1.54) is 22.9 Å². The second kappa shape index (κ2) is 8.56. The van der Waals surface area contributed by atoms with Crippen LogP contribution in [-0.2, 0) is 11.2 Å². The molecule has 1 aliphatic rings. The topological polar surface area (TPSA) is 72.7 Å². The average Bonchev–Trinajstić information content (AvgIpc) is 3.47. The Balaban J connectivity index is 1.34. The minimum Gasteiger partial charge on any atom is -0.355 e. The van der Waals surface area contributed by atoms with E-state index in [9.17, 15) is 4.79 Å². The first-order valence-electron chi connectivity index (χ1n) is 9.51. The molecule has 0 saturated heterocycles. The Morgan fingerprint density at radius 2 is 1.96 bits per heavy atom. The summed E-state index contributed by atoms with van der Waals surface area (Å²) in [5.74, 6) is 1.22. The number of carbonyl (C=O) groups is 1. The Morgan fingerprint density at radius 1 is 1.18 bits per heavy atom. The number of nitrogens with one attached hydrogen (secondary N) is 1. The Kier molecular flexibility index (Phi) is 5.71. The smallest absolute Gasteiger partial charge is 0.230 e. The number of aryl methyl sites for hydroxylation is 1. The highest BCUT2D eigenvalue weighted by molar-refractivity contribution is 7.99. The summed E-state index contributed by atoms with van der Waals surface area (Å²) in [4.78, 5) is 16.3. The van der Waals surface area contributed by atoms with E-state index < -0.39 is 0 Å². The van der Waals surface area contributed by atoms with Crippen LogP contribution in [-0.4, -0.2) is 38.0 Å². The van der Waals surface area contributed by atoms with Crippen LogP contribution in [0, 0.1) is 6.92 Å². The fraction of sp³-hybridized carbons (Fsp3) is 0.333. The molecule has 1 N–H and O–H groups in total. The number of amides is 1. The molecule has 1 fully saturated rings. The van der Waals surface area contributed by atoms with E-state index in [0.717, 1.165) is 35.8 Å². The highest BCUT2D eigenvalue weighted by Crippen LogP contribution is 2.40. The standard InChI is InChI=1S/C21H23N5OS/c1-15-4-2-3-5-16(15)10-13-23-19(27)14-28-21-25-24-20(26(21)18-6-7-18)17-8-11-22-12-9-17/h2-5,8-9,11-12,18H,6-7,10,13-14H2,1H3,(H,23,27). The van der Waals surface area contributed by atoms with Gasteiger partial charge in [0.05, 0.1) is 5.75 Å². The van der Waals surface area contributed by atoms with E-state index in [4.69, 9.17) is 0 Å². The van der Waals surface area contributed by atoms with Crippen molar-refractivity contribution in [1.82, 2.24) is 25.1 Å². The van der Waals surface area contributed by atoms with Crippen molar-refractivity contribution >= 4 is 17.7 Å². The van der Waals surface area contributed by atoms with Crippen LogP contribution >= 0.6 is 11.8 Å². The van der Waals surface area contributed by atoms with Crippen molar-refractivity contribution in [1.29, 1.82) is 0 Å². The summed E-state index contributed by atoms with van der Waals surface area (Å²) in [6.07, 6.45) is 6.62. The van der Waals surface area contributed by atoms with E-state index in [0.29, 0.717) is 18.3 Å². The normalized spacial score (nSPS) is 13.5. The molecular formula is C21H23N5OS. The Morgan fingerprint density at radius 3 is 2.71 bits per heavy atom. The summed E-state index contributed by atoms with van der Waals surface area (Å²) in [7, 11) is 0. The zero-order chi connectivity index (χ0) is 19.3. The third-order valence-electron chi connectivity index (χ3n) is 4.83. The molecule has 0 radical (unpaired) electrons. The quantitative estimate of drug-likeness (QED) is 0.594. The maximum atomic E-state index is 12.3. The van der Waals surface area contributed by atoms with Gasteiger partial charge in [-0.3, -0.25) is 14.3 Å². The molecule has 0 unspecified atom stereocenters. The van der Waals surface area contributed by atoms with Crippen LogP contribution in [0.5, 0.6) is 0 Å². The van der Waals surface area contributed by atoms with Crippen molar-refractivity contribution < 1.29 is 4.79 Å². The third-order valence-corrected chi connectivity index (χ3v) is 5.77. The number of hydrogen-bond donors (Lipinski definition) is 1. The second-order valence-electron chi connectivity index (χ2n) is 6.96. The molecule has 1 aromatic carbocycles. The van der Waals surface area contributed by atoms with Crippen LogP contribution in [0.1, 0.15) is 30.0 Å². The summed E-state index contributed by atoms with van der Waals surface area (Å²) in [6, 6.07) is 12.6. The van der Waals surface area contributed by atoms with Crippen LogP contribution in [0.3, 0.4) is 0 Å². The van der Waals surface area contributed by atoms with Crippen LogP contribution in [0.2, 0.25) is 0 Å². The van der Waals surface area contributed by atoms with Crippen LogP contribution in [0.4, 0.5) is 0 Å². The van der Waals surface area contributed by atoms with E-state index in [2.05, 4.69) is 44.1 Å². The molecule has 7 heteroatoms. The molecular weight excluding hydrogens is 370 g/mol. The van der Waals surface area contributed by atoms with E-state index in [1.807, 2.05) is 24.3 Å². The maximum Gasteiger partial charge on any atom is 0.230 e. The van der Waals surface area contributed by atoms with Gasteiger partial charge in [-0.15, -0.1) is 10.2 Å². The van der Waals surface area contributed by atoms with E-state index >= 15 is 0 Å². The molecule has 2 heterocycles. The molecule has 144 valence electrons. The zero-order valence-electron chi connectivity index (χ0n) is 15.8. The third kappa shape index (κ3) is 4.42. The number of aromatic nitrogens is 4. The monoisotopic (exact) mass is 393 g/mol. The molecule has 1 saturated carbocycles. The van der Waals surface area contributed by atoms with Crippen molar-refractivity contribution in [2.45, 2.75) is 37.4 Å². The fourth-order valence-electron chi connectivity index (χ4n) is 3.14. The number of rotatable bonds is 8. The van der Waals surface area contributed by atoms with Gasteiger partial charge < -0.3 is 5.32 Å². The molecule has 0 aliphatic heterocycles. The first-order chi connectivity index (χ1) is 13.7. The van der Waals surface area contributed by atoms with Crippen molar-refractivity contribution in [3.8, 4) is 11.4 Å². The minimum absolute atomic E-state index is 0.0226. The lowest BCUT2D eigenvalue weighted by atomic mass is 10.1. The Labute approximate surface area is 168 Å². The molecule has 6 nitrogen and oxygen atoms in total. The number of nitrogens with zero attached hydrogens (tertiary/aromatic N) is 4. The van der Waals surface area contributed by atoms with Gasteiger partial charge in [-0.2, -0.15) is 0 Å². The Bertz CT molecular complexity index is 952. The average molecular weight is 394 g/mol. The lowest BCUT2D eigenvalue weighted by molar-refractivity contribution is -0.118. The van der Waals surface area contributed by atoms with Crippen molar-refractivity contribution in [3.63, 3.8) is 0 Å². The van der Waals surface area contributed by atoms with Gasteiger partial charge in [0.25, 0.3) is 0 Å². The van der Waals surface area contributed by atoms with Gasteiger partial charge in [-0.1, -0.05) is 36.0 Å².